The van der Waals surface area contributed by atoms with E-state index in [0.29, 0.717) is 43.9 Å². The Morgan fingerprint density at radius 2 is 1.93 bits per heavy atom. The first-order valence-corrected chi connectivity index (χ1v) is 9.33. The molecule has 9 nitrogen and oxygen atoms in total. The molecular weight excluding hydrogens is 362 g/mol. The summed E-state index contributed by atoms with van der Waals surface area (Å²) in [4.78, 5) is 25.9. The Balaban J connectivity index is 1.45. The highest BCUT2D eigenvalue weighted by atomic mass is 16.5. The lowest BCUT2D eigenvalue weighted by molar-refractivity contribution is -0.123. The Hall–Kier alpha value is -2.94. The number of fused-ring (bicyclic) bond motifs is 1. The summed E-state index contributed by atoms with van der Waals surface area (Å²) in [7, 11) is 1.63. The second-order valence-electron chi connectivity index (χ2n) is 7.11. The van der Waals surface area contributed by atoms with Gasteiger partial charge in [-0.3, -0.25) is 9.59 Å². The number of benzene rings is 1. The standard InChI is InChI=1S/C19H23N5O4/c1-27-14-4-2-12(3-5-14)16-10-24-15(11-28-16)17(21-22-24)19(26)23-8-6-13(7-9-23)18(20)25/h2-5,13,16H,6-11H2,1H3,(H2,20,25). The zero-order valence-corrected chi connectivity index (χ0v) is 15.7. The highest BCUT2D eigenvalue weighted by Gasteiger charge is 2.32. The minimum Gasteiger partial charge on any atom is -0.497 e. The van der Waals surface area contributed by atoms with E-state index in [-0.39, 0.29) is 30.4 Å². The van der Waals surface area contributed by atoms with Crippen molar-refractivity contribution < 1.29 is 19.1 Å². The Morgan fingerprint density at radius 1 is 1.21 bits per heavy atom. The predicted molar refractivity (Wildman–Crippen MR) is 98.4 cm³/mol. The summed E-state index contributed by atoms with van der Waals surface area (Å²) >= 11 is 0. The Labute approximate surface area is 162 Å². The molecule has 148 valence electrons. The van der Waals surface area contributed by atoms with Crippen LogP contribution in [0.15, 0.2) is 24.3 Å². The largest absolute Gasteiger partial charge is 0.497 e. The minimum atomic E-state index is -0.300. The molecule has 0 radical (unpaired) electrons. The highest BCUT2D eigenvalue weighted by molar-refractivity contribution is 5.93. The first-order valence-electron chi connectivity index (χ1n) is 9.33. The molecule has 0 spiro atoms. The summed E-state index contributed by atoms with van der Waals surface area (Å²) in [6.45, 7) is 1.75. The number of hydrogen-bond acceptors (Lipinski definition) is 6. The molecule has 1 atom stereocenters. The van der Waals surface area contributed by atoms with Gasteiger partial charge < -0.3 is 20.1 Å². The summed E-state index contributed by atoms with van der Waals surface area (Å²) < 4.78 is 12.9. The second kappa shape index (κ2) is 7.59. The molecule has 1 aromatic carbocycles. The summed E-state index contributed by atoms with van der Waals surface area (Å²) in [6, 6.07) is 7.70. The lowest BCUT2D eigenvalue weighted by Crippen LogP contribution is -2.42. The first-order chi connectivity index (χ1) is 13.6. The van der Waals surface area contributed by atoms with Crippen molar-refractivity contribution >= 4 is 11.8 Å². The molecule has 2 N–H and O–H groups in total. The van der Waals surface area contributed by atoms with E-state index in [0.717, 1.165) is 11.3 Å². The van der Waals surface area contributed by atoms with Crippen LogP contribution in [0, 0.1) is 5.92 Å². The maximum atomic E-state index is 12.9. The number of nitrogens with zero attached hydrogens (tertiary/aromatic N) is 4. The van der Waals surface area contributed by atoms with Gasteiger partial charge in [-0.1, -0.05) is 17.3 Å². The van der Waals surface area contributed by atoms with Gasteiger partial charge in [0.15, 0.2) is 5.69 Å². The second-order valence-corrected chi connectivity index (χ2v) is 7.11. The van der Waals surface area contributed by atoms with Crippen LogP contribution in [0.1, 0.15) is 40.7 Å². The molecule has 1 fully saturated rings. The zero-order chi connectivity index (χ0) is 19.7. The number of ether oxygens (including phenoxy) is 2. The van der Waals surface area contributed by atoms with Crippen molar-refractivity contribution in [2.24, 2.45) is 11.7 Å². The summed E-state index contributed by atoms with van der Waals surface area (Å²) in [6.07, 6.45) is 1.01. The third kappa shape index (κ3) is 3.45. The fourth-order valence-electron chi connectivity index (χ4n) is 3.71. The molecule has 2 aliphatic heterocycles. The van der Waals surface area contributed by atoms with Gasteiger partial charge >= 0.3 is 0 Å². The number of carbonyl (C=O) groups is 2. The number of piperidine rings is 1. The van der Waals surface area contributed by atoms with Crippen molar-refractivity contribution in [3.05, 3.63) is 41.2 Å². The van der Waals surface area contributed by atoms with Crippen molar-refractivity contribution in [2.45, 2.75) is 32.1 Å². The average molecular weight is 385 g/mol. The van der Waals surface area contributed by atoms with Gasteiger partial charge in [0.05, 0.1) is 26.0 Å². The zero-order valence-electron chi connectivity index (χ0n) is 15.7. The average Bonchev–Trinajstić information content (AvgIpc) is 3.16. The van der Waals surface area contributed by atoms with Gasteiger partial charge in [-0.2, -0.15) is 0 Å². The van der Waals surface area contributed by atoms with Crippen LogP contribution in [0.25, 0.3) is 0 Å². The molecule has 1 unspecified atom stereocenters. The molecule has 2 aromatic rings. The fraction of sp³-hybridized carbons (Fsp3) is 0.474. The van der Waals surface area contributed by atoms with Crippen molar-refractivity contribution in [3.8, 4) is 5.75 Å². The molecule has 3 heterocycles. The molecule has 9 heteroatoms. The molecule has 0 saturated carbocycles. The fourth-order valence-corrected chi connectivity index (χ4v) is 3.71. The number of likely N-dealkylation sites (tertiary alicyclic amines) is 1. The number of hydrogen-bond donors (Lipinski definition) is 1. The number of aromatic nitrogens is 3. The highest BCUT2D eigenvalue weighted by Crippen LogP contribution is 2.29. The molecule has 1 saturated heterocycles. The van der Waals surface area contributed by atoms with Gasteiger partial charge in [-0.25, -0.2) is 4.68 Å². The minimum absolute atomic E-state index is 0.158. The molecule has 0 bridgehead atoms. The van der Waals surface area contributed by atoms with Crippen LogP contribution in [0.5, 0.6) is 5.75 Å². The first kappa shape index (κ1) is 18.4. The van der Waals surface area contributed by atoms with Gasteiger partial charge in [0.1, 0.15) is 11.9 Å². The lowest BCUT2D eigenvalue weighted by atomic mass is 9.96. The maximum absolute atomic E-state index is 12.9. The predicted octanol–water partition coefficient (Wildman–Crippen LogP) is 0.896. The number of methoxy groups -OCH3 is 1. The van der Waals surface area contributed by atoms with Crippen molar-refractivity contribution in [3.63, 3.8) is 0 Å². The molecule has 2 amide bonds. The van der Waals surface area contributed by atoms with Gasteiger partial charge in [0.2, 0.25) is 5.91 Å². The van der Waals surface area contributed by atoms with E-state index in [2.05, 4.69) is 10.3 Å². The van der Waals surface area contributed by atoms with E-state index in [9.17, 15) is 9.59 Å². The van der Waals surface area contributed by atoms with Crippen molar-refractivity contribution in [1.82, 2.24) is 19.9 Å². The number of primary amides is 1. The monoisotopic (exact) mass is 385 g/mol. The Kier molecular flexibility index (Phi) is 4.99. The maximum Gasteiger partial charge on any atom is 0.276 e. The number of nitrogens with two attached hydrogens (primary N) is 1. The van der Waals surface area contributed by atoms with Crippen LogP contribution in [-0.4, -0.2) is 51.9 Å². The molecule has 28 heavy (non-hydrogen) atoms. The van der Waals surface area contributed by atoms with Crippen LogP contribution >= 0.6 is 0 Å². The van der Waals surface area contributed by atoms with E-state index in [1.54, 1.807) is 16.7 Å². The van der Waals surface area contributed by atoms with Crippen LogP contribution in [0.3, 0.4) is 0 Å². The number of amides is 2. The number of carbonyl (C=O) groups excluding carboxylic acids is 2. The molecular formula is C19H23N5O4. The van der Waals surface area contributed by atoms with E-state index >= 15 is 0 Å². The van der Waals surface area contributed by atoms with Gasteiger partial charge in [0, 0.05) is 19.0 Å². The van der Waals surface area contributed by atoms with E-state index < -0.39 is 0 Å². The summed E-state index contributed by atoms with van der Waals surface area (Å²) in [5.41, 5.74) is 7.39. The van der Waals surface area contributed by atoms with E-state index in [1.807, 2.05) is 24.3 Å². The van der Waals surface area contributed by atoms with Gasteiger partial charge in [0.25, 0.3) is 5.91 Å². The summed E-state index contributed by atoms with van der Waals surface area (Å²) in [5.74, 6) is 0.155. The molecule has 1 aromatic heterocycles. The summed E-state index contributed by atoms with van der Waals surface area (Å²) in [5, 5.41) is 8.28. The molecule has 2 aliphatic rings. The van der Waals surface area contributed by atoms with Crippen molar-refractivity contribution in [1.29, 1.82) is 0 Å². The van der Waals surface area contributed by atoms with E-state index in [1.165, 1.54) is 0 Å². The molecule has 4 rings (SSSR count). The van der Waals surface area contributed by atoms with E-state index in [4.69, 9.17) is 15.2 Å². The normalized spacial score (nSPS) is 19.9. The third-order valence-corrected chi connectivity index (χ3v) is 5.47. The SMILES string of the molecule is COc1ccc(C2Cn3nnc(C(=O)N4CCC(C(N)=O)CC4)c3CO2)cc1. The van der Waals surface area contributed by atoms with Crippen LogP contribution < -0.4 is 10.5 Å². The molecule has 0 aliphatic carbocycles. The smallest absolute Gasteiger partial charge is 0.276 e. The van der Waals surface area contributed by atoms with Gasteiger partial charge in [-0.05, 0) is 30.5 Å². The quantitative estimate of drug-likeness (QED) is 0.837. The lowest BCUT2D eigenvalue weighted by Gasteiger charge is -2.30. The topological polar surface area (TPSA) is 113 Å². The van der Waals surface area contributed by atoms with Crippen LogP contribution in [-0.2, 0) is 22.7 Å². The number of rotatable bonds is 4. The van der Waals surface area contributed by atoms with Gasteiger partial charge in [-0.15, -0.1) is 5.10 Å². The van der Waals surface area contributed by atoms with Crippen LogP contribution in [0.4, 0.5) is 0 Å². The van der Waals surface area contributed by atoms with Crippen LogP contribution in [0.2, 0.25) is 0 Å². The third-order valence-electron chi connectivity index (χ3n) is 5.47. The Bertz CT molecular complexity index is 871. The van der Waals surface area contributed by atoms with Crippen molar-refractivity contribution in [2.75, 3.05) is 20.2 Å². The Morgan fingerprint density at radius 3 is 2.57 bits per heavy atom.